The lowest BCUT2D eigenvalue weighted by molar-refractivity contribution is 0.354. The number of methoxy groups -OCH3 is 2. The number of halogens is 1. The Kier molecular flexibility index (Phi) is 7.58. The molecule has 0 bridgehead atoms. The third kappa shape index (κ3) is 5.25. The van der Waals surface area contributed by atoms with Gasteiger partial charge in [-0.3, -0.25) is 4.98 Å². The predicted octanol–water partition coefficient (Wildman–Crippen LogP) is 2.85. The second-order valence-electron chi connectivity index (χ2n) is 4.48. The van der Waals surface area contributed by atoms with Crippen LogP contribution in [-0.2, 0) is 13.0 Å². The molecule has 1 N–H and O–H groups in total. The molecule has 0 saturated carbocycles. The molecule has 1 aromatic carbocycles. The minimum Gasteiger partial charge on any atom is -0.493 e. The van der Waals surface area contributed by atoms with Crippen molar-refractivity contribution in [3.8, 4) is 11.5 Å². The molecule has 0 spiro atoms. The van der Waals surface area contributed by atoms with Gasteiger partial charge in [0.1, 0.15) is 0 Å². The van der Waals surface area contributed by atoms with E-state index in [0.717, 1.165) is 31.0 Å². The summed E-state index contributed by atoms with van der Waals surface area (Å²) in [5, 5.41) is 3.40. The minimum absolute atomic E-state index is 0. The Balaban J connectivity index is 0.00000220. The molecule has 4 nitrogen and oxygen atoms in total. The topological polar surface area (TPSA) is 43.4 Å². The van der Waals surface area contributed by atoms with Crippen LogP contribution in [0.3, 0.4) is 0 Å². The molecule has 0 atom stereocenters. The molecule has 2 rings (SSSR count). The number of aromatic nitrogens is 1. The average molecular weight is 309 g/mol. The number of rotatable bonds is 7. The molecule has 2 aromatic rings. The van der Waals surface area contributed by atoms with Gasteiger partial charge in [-0.1, -0.05) is 12.1 Å². The molecule has 114 valence electrons. The molecule has 0 aliphatic heterocycles. The van der Waals surface area contributed by atoms with E-state index >= 15 is 0 Å². The van der Waals surface area contributed by atoms with Crippen LogP contribution in [0, 0.1) is 0 Å². The second-order valence-corrected chi connectivity index (χ2v) is 4.48. The Labute approximate surface area is 131 Å². The molecule has 0 aliphatic rings. The fourth-order valence-corrected chi connectivity index (χ4v) is 2.00. The zero-order valence-corrected chi connectivity index (χ0v) is 13.2. The molecule has 1 heterocycles. The normalized spacial score (nSPS) is 9.81. The van der Waals surface area contributed by atoms with Gasteiger partial charge in [0.2, 0.25) is 0 Å². The van der Waals surface area contributed by atoms with E-state index < -0.39 is 0 Å². The van der Waals surface area contributed by atoms with E-state index in [1.54, 1.807) is 20.4 Å². The third-order valence-corrected chi connectivity index (χ3v) is 3.09. The van der Waals surface area contributed by atoms with E-state index in [4.69, 9.17) is 9.47 Å². The molecule has 1 aromatic heterocycles. The van der Waals surface area contributed by atoms with Crippen LogP contribution in [0.2, 0.25) is 0 Å². The van der Waals surface area contributed by atoms with Gasteiger partial charge >= 0.3 is 0 Å². The van der Waals surface area contributed by atoms with Crippen LogP contribution in [0.1, 0.15) is 11.1 Å². The Bertz CT molecular complexity index is 535. The minimum atomic E-state index is 0. The van der Waals surface area contributed by atoms with Gasteiger partial charge in [-0.15, -0.1) is 12.4 Å². The maximum Gasteiger partial charge on any atom is 0.160 e. The van der Waals surface area contributed by atoms with Crippen molar-refractivity contribution in [1.82, 2.24) is 10.3 Å². The Morgan fingerprint density at radius 1 is 1.05 bits per heavy atom. The summed E-state index contributed by atoms with van der Waals surface area (Å²) < 4.78 is 10.5. The molecule has 0 aliphatic carbocycles. The molecule has 0 radical (unpaired) electrons. The van der Waals surface area contributed by atoms with Gasteiger partial charge in [-0.25, -0.2) is 0 Å². The third-order valence-electron chi connectivity index (χ3n) is 3.09. The largest absolute Gasteiger partial charge is 0.493 e. The fourth-order valence-electron chi connectivity index (χ4n) is 2.00. The number of nitrogens with zero attached hydrogens (tertiary/aromatic N) is 1. The van der Waals surface area contributed by atoms with E-state index in [-0.39, 0.29) is 12.4 Å². The monoisotopic (exact) mass is 308 g/mol. The first-order chi connectivity index (χ1) is 9.83. The van der Waals surface area contributed by atoms with E-state index in [0.29, 0.717) is 0 Å². The lowest BCUT2D eigenvalue weighted by Crippen LogP contribution is -2.16. The average Bonchev–Trinajstić information content (AvgIpc) is 2.52. The summed E-state index contributed by atoms with van der Waals surface area (Å²) in [6, 6.07) is 10.0. The van der Waals surface area contributed by atoms with Gasteiger partial charge in [0.05, 0.1) is 14.2 Å². The van der Waals surface area contributed by atoms with Crippen molar-refractivity contribution in [2.45, 2.75) is 13.0 Å². The number of pyridine rings is 1. The second kappa shape index (κ2) is 9.21. The zero-order valence-electron chi connectivity index (χ0n) is 12.3. The number of benzene rings is 1. The van der Waals surface area contributed by atoms with Crippen LogP contribution in [0.4, 0.5) is 0 Å². The Morgan fingerprint density at radius 2 is 1.86 bits per heavy atom. The highest BCUT2D eigenvalue weighted by Crippen LogP contribution is 2.27. The van der Waals surface area contributed by atoms with Gasteiger partial charge in [0.15, 0.2) is 11.5 Å². The van der Waals surface area contributed by atoms with Gasteiger partial charge < -0.3 is 14.8 Å². The van der Waals surface area contributed by atoms with Crippen LogP contribution < -0.4 is 14.8 Å². The number of nitrogens with one attached hydrogen (secondary N) is 1. The summed E-state index contributed by atoms with van der Waals surface area (Å²) in [6.07, 6.45) is 4.61. The molecule has 21 heavy (non-hydrogen) atoms. The smallest absolute Gasteiger partial charge is 0.160 e. The summed E-state index contributed by atoms with van der Waals surface area (Å²) in [5.74, 6) is 1.54. The van der Waals surface area contributed by atoms with Crippen molar-refractivity contribution < 1.29 is 9.47 Å². The molecule has 0 amide bonds. The lowest BCUT2D eigenvalue weighted by Gasteiger charge is -2.10. The summed E-state index contributed by atoms with van der Waals surface area (Å²) in [7, 11) is 3.30. The van der Waals surface area contributed by atoms with Gasteiger partial charge in [0.25, 0.3) is 0 Å². The molecular weight excluding hydrogens is 288 g/mol. The van der Waals surface area contributed by atoms with Crippen LogP contribution in [0.5, 0.6) is 11.5 Å². The quantitative estimate of drug-likeness (QED) is 0.799. The standard InChI is InChI=1S/C16H20N2O2.ClH/c1-19-15-6-5-13(10-16(15)20-2)7-9-18-12-14-4-3-8-17-11-14;/h3-6,8,10-11,18H,7,9,12H2,1-2H3;1H. The fraction of sp³-hybridized carbons (Fsp3) is 0.312. The van der Waals surface area contributed by atoms with E-state index in [9.17, 15) is 0 Å². The predicted molar refractivity (Wildman–Crippen MR) is 86.4 cm³/mol. The van der Waals surface area contributed by atoms with E-state index in [1.165, 1.54) is 11.1 Å². The molecule has 0 unspecified atom stereocenters. The number of hydrogen-bond donors (Lipinski definition) is 1. The van der Waals surface area contributed by atoms with Gasteiger partial charge in [-0.05, 0) is 42.3 Å². The van der Waals surface area contributed by atoms with Crippen molar-refractivity contribution in [1.29, 1.82) is 0 Å². The first-order valence-corrected chi connectivity index (χ1v) is 6.64. The van der Waals surface area contributed by atoms with Crippen molar-refractivity contribution in [3.05, 3.63) is 53.9 Å². The molecule has 5 heteroatoms. The highest BCUT2D eigenvalue weighted by molar-refractivity contribution is 5.85. The lowest BCUT2D eigenvalue weighted by atomic mass is 10.1. The Hall–Kier alpha value is -1.78. The number of ether oxygens (including phenoxy) is 2. The highest BCUT2D eigenvalue weighted by Gasteiger charge is 2.04. The van der Waals surface area contributed by atoms with Crippen molar-refractivity contribution >= 4 is 12.4 Å². The zero-order chi connectivity index (χ0) is 14.2. The molecular formula is C16H21ClN2O2. The summed E-state index contributed by atoms with van der Waals surface area (Å²) in [4.78, 5) is 4.09. The SMILES string of the molecule is COc1ccc(CCNCc2cccnc2)cc1OC.Cl. The summed E-state index contributed by atoms with van der Waals surface area (Å²) >= 11 is 0. The van der Waals surface area contributed by atoms with Gasteiger partial charge in [0, 0.05) is 18.9 Å². The van der Waals surface area contributed by atoms with Crippen LogP contribution >= 0.6 is 12.4 Å². The van der Waals surface area contributed by atoms with Crippen LogP contribution in [0.15, 0.2) is 42.7 Å². The van der Waals surface area contributed by atoms with Gasteiger partial charge in [-0.2, -0.15) is 0 Å². The Morgan fingerprint density at radius 3 is 2.52 bits per heavy atom. The first-order valence-electron chi connectivity index (χ1n) is 6.64. The van der Waals surface area contributed by atoms with E-state index in [1.807, 2.05) is 24.4 Å². The first kappa shape index (κ1) is 17.3. The number of hydrogen-bond acceptors (Lipinski definition) is 4. The maximum atomic E-state index is 5.30. The van der Waals surface area contributed by atoms with E-state index in [2.05, 4.69) is 22.4 Å². The molecule has 0 fully saturated rings. The van der Waals surface area contributed by atoms with Crippen molar-refractivity contribution in [2.75, 3.05) is 20.8 Å². The summed E-state index contributed by atoms with van der Waals surface area (Å²) in [6.45, 7) is 1.74. The maximum absolute atomic E-state index is 5.30. The van der Waals surface area contributed by atoms with Crippen LogP contribution in [-0.4, -0.2) is 25.7 Å². The molecule has 0 saturated heterocycles. The van der Waals surface area contributed by atoms with Crippen molar-refractivity contribution in [2.24, 2.45) is 0 Å². The highest BCUT2D eigenvalue weighted by atomic mass is 35.5. The van der Waals surface area contributed by atoms with Crippen LogP contribution in [0.25, 0.3) is 0 Å². The summed E-state index contributed by atoms with van der Waals surface area (Å²) in [5.41, 5.74) is 2.42. The van der Waals surface area contributed by atoms with Crippen molar-refractivity contribution in [3.63, 3.8) is 0 Å².